The molecule has 1 atom stereocenters. The Kier molecular flexibility index (Phi) is 2.63. The number of rotatable bonds is 2. The molecule has 0 amide bonds. The van der Waals surface area contributed by atoms with E-state index in [1.165, 1.54) is 17.7 Å². The number of fused-ring (bicyclic) bond motifs is 1. The molecule has 0 fully saturated rings. The van der Waals surface area contributed by atoms with Crippen LogP contribution < -0.4 is 5.73 Å². The van der Waals surface area contributed by atoms with Gasteiger partial charge in [0.1, 0.15) is 11.5 Å². The summed E-state index contributed by atoms with van der Waals surface area (Å²) in [5, 5.41) is 0. The quantitative estimate of drug-likeness (QED) is 0.809. The molecule has 0 aliphatic heterocycles. The standard InChI is InChI=1S/C13H21NO/c1-9-8-10-4-6-13(2,3)11(5-7-14)12(10)15-9/h8,11H,4-7,14H2,1-3H3. The minimum absolute atomic E-state index is 0.330. The maximum Gasteiger partial charge on any atom is 0.111 e. The molecule has 1 heterocycles. The summed E-state index contributed by atoms with van der Waals surface area (Å²) in [6, 6.07) is 2.19. The predicted octanol–water partition coefficient (Wildman–Crippen LogP) is 2.99. The van der Waals surface area contributed by atoms with Crippen molar-refractivity contribution in [3.05, 3.63) is 23.2 Å². The highest BCUT2D eigenvalue weighted by molar-refractivity contribution is 5.29. The predicted molar refractivity (Wildman–Crippen MR) is 62.0 cm³/mol. The van der Waals surface area contributed by atoms with Crippen LogP contribution in [0.2, 0.25) is 0 Å². The number of hydrogen-bond acceptors (Lipinski definition) is 2. The van der Waals surface area contributed by atoms with E-state index in [0.29, 0.717) is 11.3 Å². The highest BCUT2D eigenvalue weighted by Crippen LogP contribution is 2.47. The van der Waals surface area contributed by atoms with Crippen molar-refractivity contribution in [2.45, 2.75) is 46.0 Å². The van der Waals surface area contributed by atoms with Crippen LogP contribution in [0.4, 0.5) is 0 Å². The van der Waals surface area contributed by atoms with Gasteiger partial charge in [0.2, 0.25) is 0 Å². The van der Waals surface area contributed by atoms with Crippen LogP contribution in [0.5, 0.6) is 0 Å². The van der Waals surface area contributed by atoms with Crippen LogP contribution in [0.25, 0.3) is 0 Å². The Morgan fingerprint density at radius 1 is 1.53 bits per heavy atom. The molecule has 2 heteroatoms. The number of nitrogens with two attached hydrogens (primary N) is 1. The monoisotopic (exact) mass is 207 g/mol. The highest BCUT2D eigenvalue weighted by atomic mass is 16.3. The largest absolute Gasteiger partial charge is 0.466 e. The molecule has 1 aromatic heterocycles. The van der Waals surface area contributed by atoms with Gasteiger partial charge in [-0.25, -0.2) is 0 Å². The Bertz CT molecular complexity index is 351. The fourth-order valence-corrected chi connectivity index (χ4v) is 2.75. The first kappa shape index (κ1) is 10.7. The Balaban J connectivity index is 2.38. The molecule has 0 saturated heterocycles. The van der Waals surface area contributed by atoms with Crippen molar-refractivity contribution in [1.29, 1.82) is 0 Å². The summed E-state index contributed by atoms with van der Waals surface area (Å²) in [5.41, 5.74) is 7.44. The first-order valence-electron chi connectivity index (χ1n) is 5.84. The maximum absolute atomic E-state index is 5.85. The molecule has 2 nitrogen and oxygen atoms in total. The van der Waals surface area contributed by atoms with Gasteiger partial charge in [0.15, 0.2) is 0 Å². The molecule has 1 unspecified atom stereocenters. The molecular formula is C13H21NO. The van der Waals surface area contributed by atoms with E-state index in [9.17, 15) is 0 Å². The van der Waals surface area contributed by atoms with E-state index in [2.05, 4.69) is 19.9 Å². The zero-order chi connectivity index (χ0) is 11.1. The van der Waals surface area contributed by atoms with E-state index >= 15 is 0 Å². The lowest BCUT2D eigenvalue weighted by molar-refractivity contribution is 0.204. The molecule has 0 aromatic carbocycles. The van der Waals surface area contributed by atoms with E-state index in [0.717, 1.165) is 25.1 Å². The van der Waals surface area contributed by atoms with Gasteiger partial charge in [-0.15, -0.1) is 0 Å². The van der Waals surface area contributed by atoms with Crippen LogP contribution in [0.15, 0.2) is 10.5 Å². The van der Waals surface area contributed by atoms with Crippen LogP contribution in [0.1, 0.15) is 49.7 Å². The molecular weight excluding hydrogens is 186 g/mol. The van der Waals surface area contributed by atoms with Crippen molar-refractivity contribution in [3.8, 4) is 0 Å². The van der Waals surface area contributed by atoms with Crippen molar-refractivity contribution in [1.82, 2.24) is 0 Å². The molecule has 0 spiro atoms. The molecule has 2 N–H and O–H groups in total. The van der Waals surface area contributed by atoms with Crippen LogP contribution in [-0.2, 0) is 6.42 Å². The van der Waals surface area contributed by atoms with Crippen LogP contribution >= 0.6 is 0 Å². The second-order valence-electron chi connectivity index (χ2n) is 5.37. The molecule has 2 rings (SSSR count). The van der Waals surface area contributed by atoms with Gasteiger partial charge < -0.3 is 10.2 Å². The summed E-state index contributed by atoms with van der Waals surface area (Å²) in [7, 11) is 0. The van der Waals surface area contributed by atoms with E-state index in [-0.39, 0.29) is 0 Å². The SMILES string of the molecule is Cc1cc2c(o1)C(CCN)C(C)(C)CC2. The van der Waals surface area contributed by atoms with E-state index in [4.69, 9.17) is 10.2 Å². The molecule has 0 bridgehead atoms. The van der Waals surface area contributed by atoms with Crippen molar-refractivity contribution in [2.75, 3.05) is 6.54 Å². The van der Waals surface area contributed by atoms with Crippen LogP contribution in [-0.4, -0.2) is 6.54 Å². The first-order valence-corrected chi connectivity index (χ1v) is 5.84. The minimum Gasteiger partial charge on any atom is -0.466 e. The molecule has 0 saturated carbocycles. The Morgan fingerprint density at radius 2 is 2.27 bits per heavy atom. The van der Waals surface area contributed by atoms with Crippen LogP contribution in [0.3, 0.4) is 0 Å². The second kappa shape index (κ2) is 3.67. The number of hydrogen-bond donors (Lipinski definition) is 1. The van der Waals surface area contributed by atoms with Gasteiger partial charge in [-0.3, -0.25) is 0 Å². The summed E-state index contributed by atoms with van der Waals surface area (Å²) >= 11 is 0. The third-order valence-electron chi connectivity index (χ3n) is 3.72. The third-order valence-corrected chi connectivity index (χ3v) is 3.72. The Hall–Kier alpha value is -0.760. The molecule has 15 heavy (non-hydrogen) atoms. The Labute approximate surface area is 91.8 Å². The van der Waals surface area contributed by atoms with Gasteiger partial charge >= 0.3 is 0 Å². The van der Waals surface area contributed by atoms with Gasteiger partial charge in [0.05, 0.1) is 0 Å². The molecule has 84 valence electrons. The zero-order valence-corrected chi connectivity index (χ0v) is 9.97. The average Bonchev–Trinajstić information content (AvgIpc) is 2.51. The van der Waals surface area contributed by atoms with Gasteiger partial charge in [0.25, 0.3) is 0 Å². The van der Waals surface area contributed by atoms with Gasteiger partial charge in [-0.1, -0.05) is 13.8 Å². The molecule has 1 aliphatic carbocycles. The van der Waals surface area contributed by atoms with Crippen LogP contribution in [0, 0.1) is 12.3 Å². The fourth-order valence-electron chi connectivity index (χ4n) is 2.75. The van der Waals surface area contributed by atoms with Gasteiger partial charge in [-0.2, -0.15) is 0 Å². The minimum atomic E-state index is 0.330. The van der Waals surface area contributed by atoms with E-state index in [1.54, 1.807) is 0 Å². The maximum atomic E-state index is 5.85. The van der Waals surface area contributed by atoms with E-state index < -0.39 is 0 Å². The normalized spacial score (nSPS) is 23.9. The molecule has 1 aliphatic rings. The Morgan fingerprint density at radius 3 is 2.93 bits per heavy atom. The topological polar surface area (TPSA) is 39.2 Å². The number of aryl methyl sites for hydroxylation is 2. The third kappa shape index (κ3) is 1.83. The summed E-state index contributed by atoms with van der Waals surface area (Å²) in [4.78, 5) is 0. The summed E-state index contributed by atoms with van der Waals surface area (Å²) < 4.78 is 5.85. The lowest BCUT2D eigenvalue weighted by atomic mass is 9.67. The summed E-state index contributed by atoms with van der Waals surface area (Å²) in [5.74, 6) is 2.74. The fraction of sp³-hybridized carbons (Fsp3) is 0.692. The van der Waals surface area contributed by atoms with Crippen molar-refractivity contribution < 1.29 is 4.42 Å². The summed E-state index contributed by atoms with van der Waals surface area (Å²) in [6.45, 7) is 7.43. The van der Waals surface area contributed by atoms with Crippen molar-refractivity contribution in [2.24, 2.45) is 11.1 Å². The lowest BCUT2D eigenvalue weighted by Crippen LogP contribution is -2.29. The number of furan rings is 1. The second-order valence-corrected chi connectivity index (χ2v) is 5.37. The smallest absolute Gasteiger partial charge is 0.111 e. The van der Waals surface area contributed by atoms with Gasteiger partial charge in [-0.05, 0) is 49.8 Å². The van der Waals surface area contributed by atoms with E-state index in [1.807, 2.05) is 6.92 Å². The van der Waals surface area contributed by atoms with Crippen molar-refractivity contribution in [3.63, 3.8) is 0 Å². The lowest BCUT2D eigenvalue weighted by Gasteiger charge is -2.37. The van der Waals surface area contributed by atoms with Crippen molar-refractivity contribution >= 4 is 0 Å². The first-order chi connectivity index (χ1) is 7.04. The molecule has 1 aromatic rings. The van der Waals surface area contributed by atoms with Gasteiger partial charge in [0, 0.05) is 5.92 Å². The zero-order valence-electron chi connectivity index (χ0n) is 9.97. The summed E-state index contributed by atoms with van der Waals surface area (Å²) in [6.07, 6.45) is 3.43. The molecule has 0 radical (unpaired) electrons. The average molecular weight is 207 g/mol. The highest BCUT2D eigenvalue weighted by Gasteiger charge is 2.37.